The maximum Gasteiger partial charge on any atom is 0.264 e. The molecule has 140 valence electrons. The topological polar surface area (TPSA) is 51.2 Å². The minimum absolute atomic E-state index is 0.0403. The summed E-state index contributed by atoms with van der Waals surface area (Å²) in [6.07, 6.45) is 0. The van der Waals surface area contributed by atoms with E-state index in [1.54, 1.807) is 0 Å². The van der Waals surface area contributed by atoms with Crippen LogP contribution in [0.1, 0.15) is 27.8 Å². The number of carbonyl (C=O) groups excluding carboxylic acids is 1. The van der Waals surface area contributed by atoms with Gasteiger partial charge in [0.2, 0.25) is 0 Å². The molecule has 3 aromatic rings. The van der Waals surface area contributed by atoms with Crippen LogP contribution in [0.5, 0.6) is 5.75 Å². The summed E-state index contributed by atoms with van der Waals surface area (Å²) < 4.78 is 5.63. The van der Waals surface area contributed by atoms with Gasteiger partial charge in [-0.1, -0.05) is 35.4 Å². The van der Waals surface area contributed by atoms with Gasteiger partial charge >= 0.3 is 0 Å². The van der Waals surface area contributed by atoms with E-state index in [0.717, 1.165) is 22.6 Å². The maximum atomic E-state index is 12.2. The third kappa shape index (κ3) is 4.55. The highest BCUT2D eigenvalue weighted by molar-refractivity contribution is 7.14. The molecule has 1 N–H and O–H groups in total. The van der Waals surface area contributed by atoms with E-state index >= 15 is 0 Å². The number of amides is 1. The molecule has 0 saturated carbocycles. The van der Waals surface area contributed by atoms with Crippen LogP contribution in [0.25, 0.3) is 11.3 Å². The van der Waals surface area contributed by atoms with E-state index < -0.39 is 0 Å². The number of aryl methyl sites for hydroxylation is 5. The number of nitrogens with one attached hydrogen (secondary N) is 1. The van der Waals surface area contributed by atoms with Crippen molar-refractivity contribution in [2.45, 2.75) is 34.6 Å². The quantitative estimate of drug-likeness (QED) is 0.647. The highest BCUT2D eigenvalue weighted by Crippen LogP contribution is 2.31. The van der Waals surface area contributed by atoms with Crippen LogP contribution in [0, 0.1) is 34.6 Å². The smallest absolute Gasteiger partial charge is 0.264 e. The largest absolute Gasteiger partial charge is 0.483 e. The number of hydrogen-bond donors (Lipinski definition) is 1. The molecule has 0 aliphatic carbocycles. The number of carbonyl (C=O) groups is 1. The van der Waals surface area contributed by atoms with Gasteiger partial charge in [-0.2, -0.15) is 0 Å². The number of rotatable bonds is 5. The normalized spacial score (nSPS) is 10.7. The zero-order valence-electron chi connectivity index (χ0n) is 16.3. The summed E-state index contributed by atoms with van der Waals surface area (Å²) in [5, 5.41) is 5.39. The van der Waals surface area contributed by atoms with Crippen LogP contribution in [0.3, 0.4) is 0 Å². The summed E-state index contributed by atoms with van der Waals surface area (Å²) in [6.45, 7) is 10.2. The summed E-state index contributed by atoms with van der Waals surface area (Å²) >= 11 is 1.42. The fraction of sp³-hybridized carbons (Fsp3) is 0.273. The standard InChI is InChI=1S/C22H24N2O2S/c1-13-6-7-19(15(3)8-13)26-11-20(25)24-22-23-18(12-27-22)21-16(4)9-14(2)10-17(21)5/h6-10,12H,11H2,1-5H3,(H,23,24,25). The molecule has 0 atom stereocenters. The summed E-state index contributed by atoms with van der Waals surface area (Å²) in [5.41, 5.74) is 7.82. The van der Waals surface area contributed by atoms with Gasteiger partial charge in [0, 0.05) is 10.9 Å². The van der Waals surface area contributed by atoms with Gasteiger partial charge in [0.1, 0.15) is 5.75 Å². The van der Waals surface area contributed by atoms with Crippen molar-refractivity contribution in [3.63, 3.8) is 0 Å². The molecule has 1 aromatic heterocycles. The van der Waals surface area contributed by atoms with E-state index in [1.807, 2.05) is 37.4 Å². The highest BCUT2D eigenvalue weighted by Gasteiger charge is 2.13. The first-order valence-corrected chi connectivity index (χ1v) is 9.75. The first-order valence-electron chi connectivity index (χ1n) is 8.87. The molecule has 0 aliphatic rings. The Hall–Kier alpha value is -2.66. The molecule has 27 heavy (non-hydrogen) atoms. The van der Waals surface area contributed by atoms with Crippen molar-refractivity contribution in [2.24, 2.45) is 0 Å². The zero-order chi connectivity index (χ0) is 19.6. The molecule has 0 saturated heterocycles. The van der Waals surface area contributed by atoms with Gasteiger partial charge in [-0.05, 0) is 57.4 Å². The highest BCUT2D eigenvalue weighted by atomic mass is 32.1. The Morgan fingerprint density at radius 1 is 1.00 bits per heavy atom. The lowest BCUT2D eigenvalue weighted by Gasteiger charge is -2.09. The molecule has 0 radical (unpaired) electrons. The van der Waals surface area contributed by atoms with Crippen molar-refractivity contribution in [1.82, 2.24) is 4.98 Å². The fourth-order valence-electron chi connectivity index (χ4n) is 3.29. The average Bonchev–Trinajstić information content (AvgIpc) is 3.01. The van der Waals surface area contributed by atoms with Gasteiger partial charge in [0.25, 0.3) is 5.91 Å². The zero-order valence-corrected chi connectivity index (χ0v) is 17.2. The van der Waals surface area contributed by atoms with Gasteiger partial charge in [-0.3, -0.25) is 10.1 Å². The summed E-state index contributed by atoms with van der Waals surface area (Å²) in [4.78, 5) is 16.8. The average molecular weight is 381 g/mol. The third-order valence-corrected chi connectivity index (χ3v) is 5.13. The summed E-state index contributed by atoms with van der Waals surface area (Å²) in [5.74, 6) is 0.509. The lowest BCUT2D eigenvalue weighted by molar-refractivity contribution is -0.118. The first kappa shape index (κ1) is 19.1. The lowest BCUT2D eigenvalue weighted by atomic mass is 9.98. The Morgan fingerprint density at radius 3 is 2.33 bits per heavy atom. The molecule has 0 aliphatic heterocycles. The molecule has 2 aromatic carbocycles. The molecule has 0 spiro atoms. The van der Waals surface area contributed by atoms with Crippen molar-refractivity contribution in [3.05, 3.63) is 63.5 Å². The number of anilines is 1. The molecule has 0 bridgehead atoms. The van der Waals surface area contributed by atoms with Crippen LogP contribution in [-0.4, -0.2) is 17.5 Å². The van der Waals surface area contributed by atoms with Crippen LogP contribution < -0.4 is 10.1 Å². The van der Waals surface area contributed by atoms with Gasteiger partial charge < -0.3 is 4.74 Å². The molecular weight excluding hydrogens is 356 g/mol. The van der Waals surface area contributed by atoms with Crippen molar-refractivity contribution >= 4 is 22.4 Å². The number of hydrogen-bond acceptors (Lipinski definition) is 4. The number of nitrogens with zero attached hydrogens (tertiary/aromatic N) is 1. The van der Waals surface area contributed by atoms with E-state index in [2.05, 4.69) is 43.2 Å². The second kappa shape index (κ2) is 7.92. The van der Waals surface area contributed by atoms with Crippen LogP contribution in [-0.2, 0) is 4.79 Å². The second-order valence-corrected chi connectivity index (χ2v) is 7.78. The van der Waals surface area contributed by atoms with Crippen LogP contribution in [0.2, 0.25) is 0 Å². The molecule has 4 nitrogen and oxygen atoms in total. The Balaban J connectivity index is 1.66. The Labute approximate surface area is 164 Å². The van der Waals surface area contributed by atoms with E-state index in [0.29, 0.717) is 5.13 Å². The predicted octanol–water partition coefficient (Wildman–Crippen LogP) is 5.37. The van der Waals surface area contributed by atoms with Crippen LogP contribution in [0.4, 0.5) is 5.13 Å². The van der Waals surface area contributed by atoms with Crippen molar-refractivity contribution in [2.75, 3.05) is 11.9 Å². The Morgan fingerprint density at radius 2 is 1.67 bits per heavy atom. The molecule has 1 heterocycles. The summed E-state index contributed by atoms with van der Waals surface area (Å²) in [6, 6.07) is 10.2. The summed E-state index contributed by atoms with van der Waals surface area (Å²) in [7, 11) is 0. The number of aromatic nitrogens is 1. The molecular formula is C22H24N2O2S. The fourth-order valence-corrected chi connectivity index (χ4v) is 4.01. The minimum Gasteiger partial charge on any atom is -0.483 e. The molecule has 1 amide bonds. The van der Waals surface area contributed by atoms with E-state index in [-0.39, 0.29) is 12.5 Å². The molecule has 5 heteroatoms. The van der Waals surface area contributed by atoms with E-state index in [9.17, 15) is 4.79 Å². The van der Waals surface area contributed by atoms with Gasteiger partial charge in [-0.25, -0.2) is 4.98 Å². The van der Waals surface area contributed by atoms with Crippen molar-refractivity contribution in [3.8, 4) is 17.0 Å². The van der Waals surface area contributed by atoms with E-state index in [4.69, 9.17) is 4.74 Å². The van der Waals surface area contributed by atoms with Crippen molar-refractivity contribution < 1.29 is 9.53 Å². The number of benzene rings is 2. The van der Waals surface area contributed by atoms with Gasteiger partial charge in [0.05, 0.1) is 5.69 Å². The predicted molar refractivity (Wildman–Crippen MR) is 112 cm³/mol. The van der Waals surface area contributed by atoms with Gasteiger partial charge in [-0.15, -0.1) is 11.3 Å². The third-order valence-electron chi connectivity index (χ3n) is 4.37. The second-order valence-electron chi connectivity index (χ2n) is 6.92. The maximum absolute atomic E-state index is 12.2. The Kier molecular flexibility index (Phi) is 5.61. The number of thiazole rings is 1. The SMILES string of the molecule is Cc1ccc(OCC(=O)Nc2nc(-c3c(C)cc(C)cc3C)cs2)c(C)c1. The number of ether oxygens (including phenoxy) is 1. The molecule has 3 rings (SSSR count). The van der Waals surface area contributed by atoms with E-state index in [1.165, 1.54) is 33.6 Å². The van der Waals surface area contributed by atoms with Crippen LogP contribution >= 0.6 is 11.3 Å². The lowest BCUT2D eigenvalue weighted by Crippen LogP contribution is -2.20. The monoisotopic (exact) mass is 380 g/mol. The van der Waals surface area contributed by atoms with Gasteiger partial charge in [0.15, 0.2) is 11.7 Å². The molecule has 0 fully saturated rings. The molecule has 0 unspecified atom stereocenters. The first-order chi connectivity index (χ1) is 12.8. The van der Waals surface area contributed by atoms with Crippen LogP contribution in [0.15, 0.2) is 35.7 Å². The Bertz CT molecular complexity index is 969. The minimum atomic E-state index is -0.215. The van der Waals surface area contributed by atoms with Crippen molar-refractivity contribution in [1.29, 1.82) is 0 Å².